The normalized spacial score (nSPS) is 10.6. The summed E-state index contributed by atoms with van der Waals surface area (Å²) < 4.78 is 10.5. The second-order valence-electron chi connectivity index (χ2n) is 5.19. The number of nitrogens with one attached hydrogen (secondary N) is 1. The summed E-state index contributed by atoms with van der Waals surface area (Å²) >= 11 is 1.61. The van der Waals surface area contributed by atoms with E-state index in [-0.39, 0.29) is 5.95 Å². The van der Waals surface area contributed by atoms with Crippen molar-refractivity contribution in [2.75, 3.05) is 18.2 Å². The second kappa shape index (κ2) is 7.84. The lowest BCUT2D eigenvalue weighted by atomic mass is 10.3. The van der Waals surface area contributed by atoms with Crippen LogP contribution in [0.3, 0.4) is 0 Å². The van der Waals surface area contributed by atoms with Gasteiger partial charge in [0.25, 0.3) is 0 Å². The van der Waals surface area contributed by atoms with Crippen LogP contribution in [0.2, 0.25) is 0 Å². The Morgan fingerprint density at radius 3 is 2.80 bits per heavy atom. The Balaban J connectivity index is 1.67. The minimum Gasteiger partial charge on any atom is -0.495 e. The van der Waals surface area contributed by atoms with Crippen molar-refractivity contribution in [1.29, 1.82) is 0 Å². The first kappa shape index (κ1) is 17.0. The summed E-state index contributed by atoms with van der Waals surface area (Å²) in [5, 5.41) is 6.97. The van der Waals surface area contributed by atoms with E-state index >= 15 is 0 Å². The van der Waals surface area contributed by atoms with Crippen LogP contribution in [0.25, 0.3) is 0 Å². The van der Waals surface area contributed by atoms with Gasteiger partial charge in [-0.05, 0) is 19.1 Å². The van der Waals surface area contributed by atoms with Crippen LogP contribution in [-0.4, -0.2) is 27.2 Å². The molecule has 0 aliphatic heterocycles. The van der Waals surface area contributed by atoms with Gasteiger partial charge >= 0.3 is 0 Å². The minimum atomic E-state index is 0.165. The van der Waals surface area contributed by atoms with Crippen molar-refractivity contribution in [2.24, 2.45) is 0 Å². The maximum Gasteiger partial charge on any atom is 0.232 e. The van der Waals surface area contributed by atoms with E-state index in [2.05, 4.69) is 25.4 Å². The molecular weight excluding hydrogens is 340 g/mol. The highest BCUT2D eigenvalue weighted by Crippen LogP contribution is 2.26. The third-order valence-corrected chi connectivity index (χ3v) is 4.16. The van der Waals surface area contributed by atoms with Crippen LogP contribution >= 0.6 is 11.8 Å². The number of hydrogen-bond acceptors (Lipinski definition) is 9. The van der Waals surface area contributed by atoms with Gasteiger partial charge in [-0.2, -0.15) is 15.0 Å². The number of aromatic nitrogens is 4. The molecule has 1 aromatic carbocycles. The zero-order chi connectivity index (χ0) is 17.6. The first-order valence-corrected chi connectivity index (χ1v) is 8.70. The van der Waals surface area contributed by atoms with Crippen molar-refractivity contribution in [3.63, 3.8) is 0 Å². The first-order valence-electron chi connectivity index (χ1n) is 7.54. The van der Waals surface area contributed by atoms with Gasteiger partial charge in [-0.3, -0.25) is 0 Å². The minimum absolute atomic E-state index is 0.165. The SMILES string of the molecule is COc1ccccc1Nc1nc(N)nc(CSCc2cc(C)no2)n1. The molecule has 0 spiro atoms. The van der Waals surface area contributed by atoms with Crippen molar-refractivity contribution in [2.45, 2.75) is 18.4 Å². The number of nitrogens with zero attached hydrogens (tertiary/aromatic N) is 4. The van der Waals surface area contributed by atoms with E-state index in [9.17, 15) is 0 Å². The molecule has 0 fully saturated rings. The lowest BCUT2D eigenvalue weighted by Gasteiger charge is -2.10. The molecule has 0 unspecified atom stereocenters. The van der Waals surface area contributed by atoms with Gasteiger partial charge in [-0.25, -0.2) is 0 Å². The fourth-order valence-corrected chi connectivity index (χ4v) is 2.90. The maximum absolute atomic E-state index is 5.80. The summed E-state index contributed by atoms with van der Waals surface area (Å²) in [4.78, 5) is 12.7. The smallest absolute Gasteiger partial charge is 0.232 e. The van der Waals surface area contributed by atoms with Gasteiger partial charge in [0.15, 0.2) is 0 Å². The molecule has 0 aliphatic rings. The Bertz CT molecular complexity index is 854. The number of benzene rings is 1. The fraction of sp³-hybridized carbons (Fsp3) is 0.250. The summed E-state index contributed by atoms with van der Waals surface area (Å²) in [6.45, 7) is 1.89. The number of aryl methyl sites for hydroxylation is 1. The van der Waals surface area contributed by atoms with Crippen molar-refractivity contribution >= 4 is 29.3 Å². The zero-order valence-electron chi connectivity index (χ0n) is 13.9. The van der Waals surface area contributed by atoms with Gasteiger partial charge in [-0.15, -0.1) is 11.8 Å². The summed E-state index contributed by atoms with van der Waals surface area (Å²) in [5.74, 6) is 3.90. The number of ether oxygens (including phenoxy) is 1. The van der Waals surface area contributed by atoms with Gasteiger partial charge in [0.1, 0.15) is 17.3 Å². The molecule has 25 heavy (non-hydrogen) atoms. The Hall–Kier alpha value is -2.81. The Morgan fingerprint density at radius 1 is 1.20 bits per heavy atom. The predicted octanol–water partition coefficient (Wildman–Crippen LogP) is 2.94. The van der Waals surface area contributed by atoms with E-state index in [4.69, 9.17) is 15.0 Å². The van der Waals surface area contributed by atoms with Crippen LogP contribution in [0, 0.1) is 6.92 Å². The van der Waals surface area contributed by atoms with E-state index in [1.54, 1.807) is 18.9 Å². The van der Waals surface area contributed by atoms with E-state index in [0.29, 0.717) is 29.0 Å². The first-order chi connectivity index (χ1) is 12.1. The number of hydrogen-bond donors (Lipinski definition) is 2. The van der Waals surface area contributed by atoms with Gasteiger partial charge in [0.05, 0.1) is 30.0 Å². The lowest BCUT2D eigenvalue weighted by Crippen LogP contribution is -2.07. The summed E-state index contributed by atoms with van der Waals surface area (Å²) in [6, 6.07) is 9.41. The van der Waals surface area contributed by atoms with Crippen LogP contribution in [-0.2, 0) is 11.5 Å². The quantitative estimate of drug-likeness (QED) is 0.658. The standard InChI is InChI=1S/C16H18N6O2S/c1-10-7-11(24-22-10)8-25-9-14-19-15(17)21-16(20-14)18-12-5-3-4-6-13(12)23-2/h3-7H,8-9H2,1-2H3,(H3,17,18,19,20,21). The Morgan fingerprint density at radius 2 is 2.04 bits per heavy atom. The van der Waals surface area contributed by atoms with E-state index in [0.717, 1.165) is 17.1 Å². The molecule has 0 bridgehead atoms. The average molecular weight is 358 g/mol. The number of anilines is 3. The van der Waals surface area contributed by atoms with Gasteiger partial charge < -0.3 is 20.3 Å². The second-order valence-corrected chi connectivity index (χ2v) is 6.17. The number of rotatable bonds is 7. The molecule has 3 aromatic rings. The number of nitrogen functional groups attached to an aromatic ring is 1. The van der Waals surface area contributed by atoms with Gasteiger partial charge in [0.2, 0.25) is 11.9 Å². The fourth-order valence-electron chi connectivity index (χ4n) is 2.15. The highest BCUT2D eigenvalue weighted by atomic mass is 32.2. The number of para-hydroxylation sites is 2. The van der Waals surface area contributed by atoms with Crippen molar-refractivity contribution < 1.29 is 9.26 Å². The third-order valence-electron chi connectivity index (χ3n) is 3.20. The molecule has 0 saturated carbocycles. The van der Waals surface area contributed by atoms with Crippen LogP contribution < -0.4 is 15.8 Å². The van der Waals surface area contributed by atoms with E-state index in [1.807, 2.05) is 37.3 Å². The largest absolute Gasteiger partial charge is 0.495 e. The summed E-state index contributed by atoms with van der Waals surface area (Å²) in [7, 11) is 1.61. The molecule has 8 nitrogen and oxygen atoms in total. The average Bonchev–Trinajstić information content (AvgIpc) is 3.00. The van der Waals surface area contributed by atoms with Crippen molar-refractivity contribution in [3.05, 3.63) is 47.6 Å². The number of nitrogens with two attached hydrogens (primary N) is 1. The number of thioether (sulfide) groups is 1. The summed E-state index contributed by atoms with van der Waals surface area (Å²) in [6.07, 6.45) is 0. The van der Waals surface area contributed by atoms with Crippen LogP contribution in [0.4, 0.5) is 17.6 Å². The van der Waals surface area contributed by atoms with E-state index in [1.165, 1.54) is 0 Å². The Kier molecular flexibility index (Phi) is 5.34. The van der Waals surface area contributed by atoms with Gasteiger partial charge in [-0.1, -0.05) is 17.3 Å². The molecule has 2 heterocycles. The molecule has 0 amide bonds. The molecule has 9 heteroatoms. The van der Waals surface area contributed by atoms with Crippen LogP contribution in [0.15, 0.2) is 34.9 Å². The highest BCUT2D eigenvalue weighted by molar-refractivity contribution is 7.97. The molecule has 0 saturated heterocycles. The van der Waals surface area contributed by atoms with Crippen molar-refractivity contribution in [3.8, 4) is 5.75 Å². The van der Waals surface area contributed by atoms with Crippen molar-refractivity contribution in [1.82, 2.24) is 20.1 Å². The topological polar surface area (TPSA) is 112 Å². The molecule has 3 rings (SSSR count). The van der Waals surface area contributed by atoms with Crippen LogP contribution in [0.5, 0.6) is 5.75 Å². The molecular formula is C16H18N6O2S. The van der Waals surface area contributed by atoms with Gasteiger partial charge in [0, 0.05) is 6.07 Å². The molecule has 3 N–H and O–H groups in total. The predicted molar refractivity (Wildman–Crippen MR) is 96.8 cm³/mol. The molecule has 0 aliphatic carbocycles. The highest BCUT2D eigenvalue weighted by Gasteiger charge is 2.09. The molecule has 130 valence electrons. The molecule has 0 radical (unpaired) electrons. The Labute approximate surface area is 149 Å². The summed E-state index contributed by atoms with van der Waals surface area (Å²) in [5.41, 5.74) is 7.42. The maximum atomic E-state index is 5.80. The number of methoxy groups -OCH3 is 1. The lowest BCUT2D eigenvalue weighted by molar-refractivity contribution is 0.391. The monoisotopic (exact) mass is 358 g/mol. The zero-order valence-corrected chi connectivity index (χ0v) is 14.7. The van der Waals surface area contributed by atoms with E-state index < -0.39 is 0 Å². The third kappa shape index (κ3) is 4.60. The molecule has 0 atom stereocenters. The van der Waals surface area contributed by atoms with Crippen LogP contribution in [0.1, 0.15) is 17.3 Å². The molecule has 2 aromatic heterocycles.